The second-order valence-corrected chi connectivity index (χ2v) is 4.87. The first-order valence-electron chi connectivity index (χ1n) is 6.52. The Morgan fingerprint density at radius 3 is 3.05 bits per heavy atom. The minimum atomic E-state index is -0.143. The molecule has 1 aromatic rings. The third-order valence-corrected chi connectivity index (χ3v) is 3.58. The smallest absolute Gasteiger partial charge is 0.257 e. The number of benzene rings is 1. The third-order valence-electron chi connectivity index (χ3n) is 3.58. The second kappa shape index (κ2) is 5.93. The highest BCUT2D eigenvalue weighted by atomic mass is 16.5. The van der Waals surface area contributed by atoms with Gasteiger partial charge in [-0.15, -0.1) is 0 Å². The van der Waals surface area contributed by atoms with E-state index in [1.54, 1.807) is 17.0 Å². The number of phenolic OH excluding ortho intramolecular Hbond substituents is 1. The summed E-state index contributed by atoms with van der Waals surface area (Å²) >= 11 is 0. The van der Waals surface area contributed by atoms with Crippen LogP contribution in [0.4, 0.5) is 0 Å². The normalized spacial score (nSPS) is 18.6. The third kappa shape index (κ3) is 2.98. The molecule has 5 heteroatoms. The van der Waals surface area contributed by atoms with E-state index >= 15 is 0 Å². The van der Waals surface area contributed by atoms with E-state index in [1.807, 2.05) is 0 Å². The zero-order valence-corrected chi connectivity index (χ0v) is 11.1. The van der Waals surface area contributed by atoms with Crippen molar-refractivity contribution < 1.29 is 14.6 Å². The van der Waals surface area contributed by atoms with Gasteiger partial charge in [0, 0.05) is 13.1 Å². The van der Waals surface area contributed by atoms with Gasteiger partial charge in [0.05, 0.1) is 12.7 Å². The average Bonchev–Trinajstić information content (AvgIpc) is 2.88. The summed E-state index contributed by atoms with van der Waals surface area (Å²) in [6, 6.07) is 4.70. The van der Waals surface area contributed by atoms with Crippen LogP contribution in [0.1, 0.15) is 23.2 Å². The number of carbonyl (C=O) groups is 1. The molecule has 1 fully saturated rings. The Bertz CT molecular complexity index is 462. The molecule has 104 valence electrons. The fraction of sp³-hybridized carbons (Fsp3) is 0.500. The van der Waals surface area contributed by atoms with E-state index in [1.165, 1.54) is 13.2 Å². The Morgan fingerprint density at radius 2 is 2.37 bits per heavy atom. The van der Waals surface area contributed by atoms with Crippen LogP contribution in [0.2, 0.25) is 0 Å². The highest BCUT2D eigenvalue weighted by molar-refractivity contribution is 5.97. The van der Waals surface area contributed by atoms with Gasteiger partial charge in [-0.25, -0.2) is 0 Å². The Morgan fingerprint density at radius 1 is 1.58 bits per heavy atom. The maximum Gasteiger partial charge on any atom is 0.257 e. The van der Waals surface area contributed by atoms with Crippen molar-refractivity contribution in [3.05, 3.63) is 23.8 Å². The largest absolute Gasteiger partial charge is 0.507 e. The number of phenols is 1. The zero-order valence-electron chi connectivity index (χ0n) is 11.1. The van der Waals surface area contributed by atoms with Gasteiger partial charge in [0.2, 0.25) is 0 Å². The lowest BCUT2D eigenvalue weighted by atomic mass is 10.1. The lowest BCUT2D eigenvalue weighted by Crippen LogP contribution is -2.29. The number of hydrogen-bond donors (Lipinski definition) is 2. The summed E-state index contributed by atoms with van der Waals surface area (Å²) in [7, 11) is 1.54. The molecule has 19 heavy (non-hydrogen) atoms. The highest BCUT2D eigenvalue weighted by Gasteiger charge is 2.27. The van der Waals surface area contributed by atoms with Gasteiger partial charge in [0.15, 0.2) is 0 Å². The SMILES string of the molecule is COc1ccc(O)c(C(=O)N2CCC(CCN)C2)c1. The van der Waals surface area contributed by atoms with Crippen LogP contribution in [0.15, 0.2) is 18.2 Å². The summed E-state index contributed by atoms with van der Waals surface area (Å²) in [5.41, 5.74) is 5.84. The van der Waals surface area contributed by atoms with E-state index < -0.39 is 0 Å². The number of carbonyl (C=O) groups excluding carboxylic acids is 1. The van der Waals surface area contributed by atoms with Crippen LogP contribution >= 0.6 is 0 Å². The van der Waals surface area contributed by atoms with E-state index in [2.05, 4.69) is 0 Å². The van der Waals surface area contributed by atoms with E-state index in [0.29, 0.717) is 30.3 Å². The van der Waals surface area contributed by atoms with Crippen molar-refractivity contribution in [3.63, 3.8) is 0 Å². The number of likely N-dealkylation sites (tertiary alicyclic amines) is 1. The Kier molecular flexibility index (Phi) is 4.27. The minimum absolute atomic E-state index is 0.00641. The quantitative estimate of drug-likeness (QED) is 0.857. The van der Waals surface area contributed by atoms with Gasteiger partial charge >= 0.3 is 0 Å². The number of rotatable bonds is 4. The summed E-state index contributed by atoms with van der Waals surface area (Å²) in [4.78, 5) is 14.1. The lowest BCUT2D eigenvalue weighted by molar-refractivity contribution is 0.0783. The molecule has 2 rings (SSSR count). The Hall–Kier alpha value is -1.75. The highest BCUT2D eigenvalue weighted by Crippen LogP contribution is 2.27. The van der Waals surface area contributed by atoms with Gasteiger partial charge in [-0.2, -0.15) is 0 Å². The minimum Gasteiger partial charge on any atom is -0.507 e. The molecular formula is C14H20N2O3. The van der Waals surface area contributed by atoms with Crippen LogP contribution in [-0.4, -0.2) is 42.7 Å². The zero-order chi connectivity index (χ0) is 13.8. The molecule has 1 atom stereocenters. The number of nitrogens with two attached hydrogens (primary N) is 1. The topological polar surface area (TPSA) is 75.8 Å². The van der Waals surface area contributed by atoms with Crippen LogP contribution in [0.5, 0.6) is 11.5 Å². The number of ether oxygens (including phenoxy) is 1. The average molecular weight is 264 g/mol. The van der Waals surface area contributed by atoms with Crippen molar-refractivity contribution in [2.75, 3.05) is 26.7 Å². The van der Waals surface area contributed by atoms with Gasteiger partial charge in [0.1, 0.15) is 11.5 Å². The second-order valence-electron chi connectivity index (χ2n) is 4.87. The summed E-state index contributed by atoms with van der Waals surface area (Å²) in [5.74, 6) is 0.893. The summed E-state index contributed by atoms with van der Waals surface area (Å²) in [6.07, 6.45) is 1.92. The fourth-order valence-corrected chi connectivity index (χ4v) is 2.47. The molecule has 1 heterocycles. The van der Waals surface area contributed by atoms with Gasteiger partial charge in [-0.3, -0.25) is 4.79 Å². The molecule has 0 aliphatic carbocycles. The molecule has 1 unspecified atom stereocenters. The Balaban J connectivity index is 2.12. The van der Waals surface area contributed by atoms with Crippen molar-refractivity contribution in [1.82, 2.24) is 4.90 Å². The van der Waals surface area contributed by atoms with E-state index in [0.717, 1.165) is 19.4 Å². The summed E-state index contributed by atoms with van der Waals surface area (Å²) < 4.78 is 5.08. The van der Waals surface area contributed by atoms with Gasteiger partial charge in [-0.05, 0) is 43.5 Å². The fourth-order valence-electron chi connectivity index (χ4n) is 2.47. The molecule has 1 amide bonds. The van der Waals surface area contributed by atoms with Gasteiger partial charge < -0.3 is 20.5 Å². The predicted molar refractivity (Wildman–Crippen MR) is 72.3 cm³/mol. The molecular weight excluding hydrogens is 244 g/mol. The van der Waals surface area contributed by atoms with Crippen LogP contribution in [0.3, 0.4) is 0 Å². The first kappa shape index (κ1) is 13.7. The molecule has 1 aliphatic heterocycles. The van der Waals surface area contributed by atoms with Crippen molar-refractivity contribution >= 4 is 5.91 Å². The lowest BCUT2D eigenvalue weighted by Gasteiger charge is -2.17. The molecule has 0 bridgehead atoms. The summed E-state index contributed by atoms with van der Waals surface area (Å²) in [5, 5.41) is 9.81. The van der Waals surface area contributed by atoms with E-state index in [9.17, 15) is 9.90 Å². The first-order chi connectivity index (χ1) is 9.15. The van der Waals surface area contributed by atoms with Crippen LogP contribution < -0.4 is 10.5 Å². The molecule has 0 radical (unpaired) electrons. The number of aromatic hydroxyl groups is 1. The predicted octanol–water partition coefficient (Wildman–Crippen LogP) is 1.21. The van der Waals surface area contributed by atoms with Crippen LogP contribution in [0.25, 0.3) is 0 Å². The Labute approximate surface area is 113 Å². The van der Waals surface area contributed by atoms with Crippen molar-refractivity contribution in [2.24, 2.45) is 11.7 Å². The molecule has 1 aromatic carbocycles. The standard InChI is InChI=1S/C14H20N2O3/c1-19-11-2-3-13(17)12(8-11)14(18)16-7-5-10(9-16)4-6-15/h2-3,8,10,17H,4-7,9,15H2,1H3. The molecule has 3 N–H and O–H groups in total. The van der Waals surface area contributed by atoms with Crippen LogP contribution in [0, 0.1) is 5.92 Å². The molecule has 1 aliphatic rings. The number of amides is 1. The number of nitrogens with zero attached hydrogens (tertiary/aromatic N) is 1. The van der Waals surface area contributed by atoms with E-state index in [-0.39, 0.29) is 11.7 Å². The monoisotopic (exact) mass is 264 g/mol. The number of hydrogen-bond acceptors (Lipinski definition) is 4. The molecule has 5 nitrogen and oxygen atoms in total. The maximum absolute atomic E-state index is 12.4. The van der Waals surface area contributed by atoms with Crippen LogP contribution in [-0.2, 0) is 0 Å². The van der Waals surface area contributed by atoms with Gasteiger partial charge in [-0.1, -0.05) is 0 Å². The van der Waals surface area contributed by atoms with E-state index in [4.69, 9.17) is 10.5 Å². The first-order valence-corrected chi connectivity index (χ1v) is 6.52. The molecule has 1 saturated heterocycles. The summed E-state index contributed by atoms with van der Waals surface area (Å²) in [6.45, 7) is 2.09. The molecule has 0 aromatic heterocycles. The van der Waals surface area contributed by atoms with Crippen molar-refractivity contribution in [2.45, 2.75) is 12.8 Å². The maximum atomic E-state index is 12.4. The number of methoxy groups -OCH3 is 1. The molecule has 0 saturated carbocycles. The molecule has 0 spiro atoms. The van der Waals surface area contributed by atoms with Gasteiger partial charge in [0.25, 0.3) is 5.91 Å². The van der Waals surface area contributed by atoms with Crippen molar-refractivity contribution in [1.29, 1.82) is 0 Å². The van der Waals surface area contributed by atoms with Crippen molar-refractivity contribution in [3.8, 4) is 11.5 Å².